The molecule has 2 rings (SSSR count). The molecule has 0 radical (unpaired) electrons. The molecule has 0 saturated carbocycles. The Labute approximate surface area is 127 Å². The predicted molar refractivity (Wildman–Crippen MR) is 84.3 cm³/mol. The van der Waals surface area contributed by atoms with Gasteiger partial charge in [-0.3, -0.25) is 0 Å². The van der Waals surface area contributed by atoms with Crippen LogP contribution in [0.25, 0.3) is 0 Å². The summed E-state index contributed by atoms with van der Waals surface area (Å²) in [5.41, 5.74) is 2.63. The van der Waals surface area contributed by atoms with Gasteiger partial charge < -0.3 is 9.84 Å². The van der Waals surface area contributed by atoms with Crippen LogP contribution in [0.4, 0.5) is 0 Å². The highest BCUT2D eigenvalue weighted by atomic mass is 16.5. The molecule has 0 spiro atoms. The lowest BCUT2D eigenvalue weighted by atomic mass is 10.0. The molecule has 0 saturated heterocycles. The first-order valence-corrected chi connectivity index (χ1v) is 7.60. The number of aromatic nitrogens is 2. The van der Waals surface area contributed by atoms with E-state index in [-0.39, 0.29) is 6.04 Å². The van der Waals surface area contributed by atoms with Crippen molar-refractivity contribution in [2.75, 3.05) is 0 Å². The molecule has 4 nitrogen and oxygen atoms in total. The number of benzene rings is 1. The van der Waals surface area contributed by atoms with E-state index in [1.54, 1.807) is 0 Å². The number of rotatable bonds is 6. The van der Waals surface area contributed by atoms with Crippen LogP contribution in [0.15, 0.2) is 28.8 Å². The van der Waals surface area contributed by atoms with Gasteiger partial charge in [0, 0.05) is 12.0 Å². The molecule has 0 bridgehead atoms. The van der Waals surface area contributed by atoms with Gasteiger partial charge >= 0.3 is 0 Å². The van der Waals surface area contributed by atoms with Gasteiger partial charge in [-0.15, -0.1) is 0 Å². The van der Waals surface area contributed by atoms with Crippen molar-refractivity contribution in [1.82, 2.24) is 15.5 Å². The Hall–Kier alpha value is -1.68. The van der Waals surface area contributed by atoms with Crippen molar-refractivity contribution in [3.05, 3.63) is 47.1 Å². The van der Waals surface area contributed by atoms with Crippen LogP contribution in [0, 0.1) is 6.92 Å². The van der Waals surface area contributed by atoms with Crippen molar-refractivity contribution in [2.24, 2.45) is 0 Å². The highest BCUT2D eigenvalue weighted by molar-refractivity contribution is 5.22. The minimum Gasteiger partial charge on any atom is -0.338 e. The maximum absolute atomic E-state index is 5.33. The average Bonchev–Trinajstić information content (AvgIpc) is 2.91. The molecular weight excluding hydrogens is 262 g/mol. The monoisotopic (exact) mass is 287 g/mol. The molecule has 1 N–H and O–H groups in total. The smallest absolute Gasteiger partial charge is 0.243 e. The van der Waals surface area contributed by atoms with Crippen LogP contribution >= 0.6 is 0 Å². The van der Waals surface area contributed by atoms with E-state index in [0.29, 0.717) is 17.9 Å². The molecule has 1 aromatic heterocycles. The molecule has 2 atom stereocenters. The molecule has 1 heterocycles. The van der Waals surface area contributed by atoms with Gasteiger partial charge in [-0.2, -0.15) is 4.98 Å². The van der Waals surface area contributed by atoms with Crippen molar-refractivity contribution in [3.8, 4) is 0 Å². The minimum atomic E-state index is 0.0606. The summed E-state index contributed by atoms with van der Waals surface area (Å²) in [7, 11) is 0. The molecule has 1 aromatic carbocycles. The fourth-order valence-corrected chi connectivity index (χ4v) is 2.29. The molecule has 114 valence electrons. The van der Waals surface area contributed by atoms with E-state index in [1.807, 2.05) is 0 Å². The molecule has 0 fully saturated rings. The Balaban J connectivity index is 1.91. The van der Waals surface area contributed by atoms with Crippen LogP contribution in [0.1, 0.15) is 62.5 Å². The SMILES string of the molecule is Cc1ccc(C[C@H](C)N[C@H](C)c2nc(C(C)C)no2)cc1. The van der Waals surface area contributed by atoms with Gasteiger partial charge in [-0.05, 0) is 32.8 Å². The standard InChI is InChI=1S/C17H25N3O/c1-11(2)16-19-17(21-20-16)14(5)18-13(4)10-15-8-6-12(3)7-9-15/h6-9,11,13-14,18H,10H2,1-5H3/t13-,14+/m0/s1. The van der Waals surface area contributed by atoms with E-state index in [4.69, 9.17) is 4.52 Å². The van der Waals surface area contributed by atoms with Gasteiger partial charge in [0.1, 0.15) is 0 Å². The minimum absolute atomic E-state index is 0.0606. The molecule has 0 aliphatic rings. The van der Waals surface area contributed by atoms with Crippen LogP contribution < -0.4 is 5.32 Å². The number of hydrogen-bond acceptors (Lipinski definition) is 4. The van der Waals surface area contributed by atoms with E-state index < -0.39 is 0 Å². The lowest BCUT2D eigenvalue weighted by molar-refractivity contribution is 0.323. The fourth-order valence-electron chi connectivity index (χ4n) is 2.29. The first-order chi connectivity index (χ1) is 9.95. The summed E-state index contributed by atoms with van der Waals surface area (Å²) in [6.07, 6.45) is 0.982. The molecule has 0 amide bonds. The molecule has 21 heavy (non-hydrogen) atoms. The van der Waals surface area contributed by atoms with Crippen molar-refractivity contribution < 1.29 is 4.52 Å². The summed E-state index contributed by atoms with van der Waals surface area (Å²) in [6, 6.07) is 9.07. The normalized spacial score (nSPS) is 14.4. The first kappa shape index (κ1) is 15.7. The summed E-state index contributed by atoms with van der Waals surface area (Å²) in [5, 5.41) is 7.53. The first-order valence-electron chi connectivity index (χ1n) is 7.60. The zero-order valence-electron chi connectivity index (χ0n) is 13.6. The van der Waals surface area contributed by atoms with Gasteiger partial charge in [0.2, 0.25) is 5.89 Å². The van der Waals surface area contributed by atoms with Gasteiger partial charge in [0.15, 0.2) is 5.82 Å². The molecule has 0 unspecified atom stereocenters. The highest BCUT2D eigenvalue weighted by Crippen LogP contribution is 2.16. The number of aryl methyl sites for hydroxylation is 1. The third kappa shape index (κ3) is 4.39. The molecular formula is C17H25N3O. The van der Waals surface area contributed by atoms with Crippen LogP contribution in [0.3, 0.4) is 0 Å². The zero-order chi connectivity index (χ0) is 15.4. The lowest BCUT2D eigenvalue weighted by Gasteiger charge is -2.17. The van der Waals surface area contributed by atoms with Crippen molar-refractivity contribution in [3.63, 3.8) is 0 Å². The van der Waals surface area contributed by atoms with Crippen molar-refractivity contribution in [2.45, 2.75) is 59.0 Å². The summed E-state index contributed by atoms with van der Waals surface area (Å²) in [6.45, 7) is 10.5. The second kappa shape index (κ2) is 6.85. The number of hydrogen-bond donors (Lipinski definition) is 1. The van der Waals surface area contributed by atoms with E-state index in [9.17, 15) is 0 Å². The molecule has 4 heteroatoms. The maximum atomic E-state index is 5.33. The second-order valence-corrected chi connectivity index (χ2v) is 6.12. The third-order valence-electron chi connectivity index (χ3n) is 3.54. The average molecular weight is 287 g/mol. The zero-order valence-corrected chi connectivity index (χ0v) is 13.6. The topological polar surface area (TPSA) is 51.0 Å². The van der Waals surface area contributed by atoms with Crippen molar-refractivity contribution in [1.29, 1.82) is 0 Å². The lowest BCUT2D eigenvalue weighted by Crippen LogP contribution is -2.30. The van der Waals surface area contributed by atoms with Crippen LogP contribution in [0.2, 0.25) is 0 Å². The molecule has 0 aliphatic carbocycles. The fraction of sp³-hybridized carbons (Fsp3) is 0.529. The Morgan fingerprint density at radius 2 is 1.76 bits per heavy atom. The van der Waals surface area contributed by atoms with Gasteiger partial charge in [0.25, 0.3) is 0 Å². The Kier molecular flexibility index (Phi) is 5.12. The molecule has 2 aromatic rings. The van der Waals surface area contributed by atoms with Crippen LogP contribution in [0.5, 0.6) is 0 Å². The van der Waals surface area contributed by atoms with E-state index in [1.165, 1.54) is 11.1 Å². The third-order valence-corrected chi connectivity index (χ3v) is 3.54. The van der Waals surface area contributed by atoms with Gasteiger partial charge in [0.05, 0.1) is 6.04 Å². The van der Waals surface area contributed by atoms with Crippen molar-refractivity contribution >= 4 is 0 Å². The Morgan fingerprint density at radius 1 is 1.10 bits per heavy atom. The summed E-state index contributed by atoms with van der Waals surface area (Å²) < 4.78 is 5.33. The van der Waals surface area contributed by atoms with E-state index in [2.05, 4.69) is 74.3 Å². The summed E-state index contributed by atoms with van der Waals surface area (Å²) >= 11 is 0. The van der Waals surface area contributed by atoms with E-state index in [0.717, 1.165) is 12.2 Å². The molecule has 0 aliphatic heterocycles. The summed E-state index contributed by atoms with van der Waals surface area (Å²) in [5.74, 6) is 1.72. The predicted octanol–water partition coefficient (Wildman–Crippen LogP) is 3.78. The van der Waals surface area contributed by atoms with E-state index >= 15 is 0 Å². The highest BCUT2D eigenvalue weighted by Gasteiger charge is 2.17. The van der Waals surface area contributed by atoms with Crippen LogP contribution in [-0.2, 0) is 6.42 Å². The number of nitrogens with one attached hydrogen (secondary N) is 1. The van der Waals surface area contributed by atoms with Crippen LogP contribution in [-0.4, -0.2) is 16.2 Å². The Morgan fingerprint density at radius 3 is 2.33 bits per heavy atom. The summed E-state index contributed by atoms with van der Waals surface area (Å²) in [4.78, 5) is 4.44. The Bertz CT molecular complexity index is 560. The largest absolute Gasteiger partial charge is 0.338 e. The van der Waals surface area contributed by atoms with Gasteiger partial charge in [-0.25, -0.2) is 0 Å². The maximum Gasteiger partial charge on any atom is 0.243 e. The van der Waals surface area contributed by atoms with Gasteiger partial charge in [-0.1, -0.05) is 48.8 Å². The number of nitrogens with zero attached hydrogens (tertiary/aromatic N) is 2. The quantitative estimate of drug-likeness (QED) is 0.878. The second-order valence-electron chi connectivity index (χ2n) is 6.12.